The third kappa shape index (κ3) is 2.69. The van der Waals surface area contributed by atoms with Gasteiger partial charge in [-0.25, -0.2) is 4.39 Å². The molecule has 1 fully saturated rings. The average Bonchev–Trinajstić information content (AvgIpc) is 2.12. The molecule has 0 aliphatic heterocycles. The first-order chi connectivity index (χ1) is 7.25. The van der Waals surface area contributed by atoms with E-state index < -0.39 is 6.10 Å². The third-order valence-corrected chi connectivity index (χ3v) is 2.91. The molecule has 1 unspecified atom stereocenters. The number of halogens is 1. The number of hydrogen-bond donors (Lipinski definition) is 1. The van der Waals surface area contributed by atoms with Crippen molar-refractivity contribution in [1.82, 2.24) is 0 Å². The predicted octanol–water partition coefficient (Wildman–Crippen LogP) is 2.37. The van der Waals surface area contributed by atoms with E-state index in [0.29, 0.717) is 11.7 Å². The van der Waals surface area contributed by atoms with Gasteiger partial charge in [0, 0.05) is 6.07 Å². The van der Waals surface area contributed by atoms with Crippen LogP contribution < -0.4 is 4.74 Å². The second-order valence-electron chi connectivity index (χ2n) is 4.03. The first-order valence-electron chi connectivity index (χ1n) is 5.32. The predicted molar refractivity (Wildman–Crippen MR) is 55.2 cm³/mol. The van der Waals surface area contributed by atoms with Gasteiger partial charge in [0.05, 0.1) is 6.10 Å². The molecule has 0 spiro atoms. The number of benzene rings is 1. The summed E-state index contributed by atoms with van der Waals surface area (Å²) in [5.41, 5.74) is 0. The zero-order valence-corrected chi connectivity index (χ0v) is 8.53. The first-order valence-corrected chi connectivity index (χ1v) is 5.32. The van der Waals surface area contributed by atoms with Gasteiger partial charge in [-0.1, -0.05) is 12.5 Å². The number of ether oxygens (including phenoxy) is 1. The van der Waals surface area contributed by atoms with Crippen molar-refractivity contribution in [3.63, 3.8) is 0 Å². The van der Waals surface area contributed by atoms with Gasteiger partial charge < -0.3 is 9.84 Å². The van der Waals surface area contributed by atoms with E-state index in [2.05, 4.69) is 0 Å². The molecule has 0 amide bonds. The molecule has 0 radical (unpaired) electrons. The molecule has 15 heavy (non-hydrogen) atoms. The van der Waals surface area contributed by atoms with Crippen molar-refractivity contribution in [2.75, 3.05) is 6.61 Å². The maximum atomic E-state index is 12.8. The van der Waals surface area contributed by atoms with Crippen molar-refractivity contribution in [3.8, 4) is 5.75 Å². The summed E-state index contributed by atoms with van der Waals surface area (Å²) in [5, 5.41) is 9.68. The van der Waals surface area contributed by atoms with E-state index in [4.69, 9.17) is 4.74 Å². The Bertz CT molecular complexity index is 323. The summed E-state index contributed by atoms with van der Waals surface area (Å²) in [7, 11) is 0. The van der Waals surface area contributed by atoms with E-state index in [9.17, 15) is 9.50 Å². The fraction of sp³-hybridized carbons (Fsp3) is 0.500. The second-order valence-corrected chi connectivity index (χ2v) is 4.03. The van der Waals surface area contributed by atoms with E-state index >= 15 is 0 Å². The first kappa shape index (κ1) is 10.4. The Morgan fingerprint density at radius 1 is 1.47 bits per heavy atom. The highest BCUT2D eigenvalue weighted by Gasteiger charge is 2.25. The van der Waals surface area contributed by atoms with Crippen molar-refractivity contribution in [2.24, 2.45) is 5.92 Å². The third-order valence-electron chi connectivity index (χ3n) is 2.91. The van der Waals surface area contributed by atoms with E-state index in [-0.39, 0.29) is 12.4 Å². The molecule has 1 N–H and O–H groups in total. The summed E-state index contributed by atoms with van der Waals surface area (Å²) in [6.45, 7) is 0.258. The van der Waals surface area contributed by atoms with Crippen LogP contribution in [0.4, 0.5) is 4.39 Å². The minimum atomic E-state index is -0.415. The molecule has 1 aromatic rings. The maximum Gasteiger partial charge on any atom is 0.126 e. The monoisotopic (exact) mass is 210 g/mol. The molecule has 0 aromatic heterocycles. The van der Waals surface area contributed by atoms with Crippen LogP contribution in [0.1, 0.15) is 19.3 Å². The Kier molecular flexibility index (Phi) is 3.21. The van der Waals surface area contributed by atoms with Crippen LogP contribution in [0.5, 0.6) is 5.75 Å². The topological polar surface area (TPSA) is 29.5 Å². The summed E-state index contributed by atoms with van der Waals surface area (Å²) in [5.74, 6) is 0.539. The summed E-state index contributed by atoms with van der Waals surface area (Å²) in [6.07, 6.45) is 2.94. The highest BCUT2D eigenvalue weighted by molar-refractivity contribution is 5.22. The van der Waals surface area contributed by atoms with Crippen LogP contribution in [-0.4, -0.2) is 17.8 Å². The van der Waals surface area contributed by atoms with Gasteiger partial charge in [0.25, 0.3) is 0 Å². The highest BCUT2D eigenvalue weighted by atomic mass is 19.1. The minimum absolute atomic E-state index is 0.258. The number of rotatable bonds is 4. The molecule has 1 aliphatic rings. The van der Waals surface area contributed by atoms with Crippen LogP contribution in [-0.2, 0) is 0 Å². The van der Waals surface area contributed by atoms with Crippen molar-refractivity contribution in [1.29, 1.82) is 0 Å². The van der Waals surface area contributed by atoms with Crippen LogP contribution in [0.2, 0.25) is 0 Å². The summed E-state index contributed by atoms with van der Waals surface area (Å²) < 4.78 is 18.1. The Balaban J connectivity index is 1.81. The SMILES string of the molecule is OC(COc1cccc(F)c1)C1CCC1. The molecule has 2 rings (SSSR count). The van der Waals surface area contributed by atoms with Gasteiger partial charge in [-0.2, -0.15) is 0 Å². The fourth-order valence-corrected chi connectivity index (χ4v) is 1.70. The van der Waals surface area contributed by atoms with E-state index in [0.717, 1.165) is 12.8 Å². The highest BCUT2D eigenvalue weighted by Crippen LogP contribution is 2.29. The molecule has 3 heteroatoms. The lowest BCUT2D eigenvalue weighted by Crippen LogP contribution is -2.31. The van der Waals surface area contributed by atoms with Gasteiger partial charge in [-0.3, -0.25) is 0 Å². The maximum absolute atomic E-state index is 12.8. The summed E-state index contributed by atoms with van der Waals surface area (Å²) in [6, 6.07) is 5.99. The van der Waals surface area contributed by atoms with Crippen LogP contribution in [0, 0.1) is 11.7 Å². The lowest BCUT2D eigenvalue weighted by Gasteiger charge is -2.30. The molecular formula is C12H15FO2. The molecule has 0 saturated heterocycles. The van der Waals surface area contributed by atoms with Crippen molar-refractivity contribution >= 4 is 0 Å². The van der Waals surface area contributed by atoms with Crippen molar-refractivity contribution in [3.05, 3.63) is 30.1 Å². The standard InChI is InChI=1S/C12H15FO2/c13-10-5-2-6-11(7-10)15-8-12(14)9-3-1-4-9/h2,5-7,9,12,14H,1,3-4,8H2. The lowest BCUT2D eigenvalue weighted by atomic mass is 9.81. The van der Waals surface area contributed by atoms with Crippen molar-refractivity contribution in [2.45, 2.75) is 25.4 Å². The molecule has 1 atom stereocenters. The number of hydrogen-bond acceptors (Lipinski definition) is 2. The molecule has 2 nitrogen and oxygen atoms in total. The van der Waals surface area contributed by atoms with Gasteiger partial charge >= 0.3 is 0 Å². The smallest absolute Gasteiger partial charge is 0.126 e. The van der Waals surface area contributed by atoms with E-state index in [1.807, 2.05) is 0 Å². The normalized spacial score (nSPS) is 18.3. The Morgan fingerprint density at radius 2 is 2.27 bits per heavy atom. The largest absolute Gasteiger partial charge is 0.491 e. The number of aliphatic hydroxyl groups excluding tert-OH is 1. The van der Waals surface area contributed by atoms with Gasteiger partial charge in [0.15, 0.2) is 0 Å². The molecule has 1 aromatic carbocycles. The zero-order chi connectivity index (χ0) is 10.7. The molecule has 1 saturated carbocycles. The van der Waals surface area contributed by atoms with Crippen LogP contribution in [0.25, 0.3) is 0 Å². The Labute approximate surface area is 88.7 Å². The quantitative estimate of drug-likeness (QED) is 0.826. The second kappa shape index (κ2) is 4.62. The van der Waals surface area contributed by atoms with E-state index in [1.165, 1.54) is 18.6 Å². The Morgan fingerprint density at radius 3 is 2.87 bits per heavy atom. The molecule has 0 bridgehead atoms. The number of aliphatic hydroxyl groups is 1. The molecule has 0 heterocycles. The zero-order valence-electron chi connectivity index (χ0n) is 8.53. The summed E-state index contributed by atoms with van der Waals surface area (Å²) in [4.78, 5) is 0. The fourth-order valence-electron chi connectivity index (χ4n) is 1.70. The van der Waals surface area contributed by atoms with Crippen LogP contribution >= 0.6 is 0 Å². The van der Waals surface area contributed by atoms with Gasteiger partial charge in [-0.15, -0.1) is 0 Å². The molecular weight excluding hydrogens is 195 g/mol. The van der Waals surface area contributed by atoms with Gasteiger partial charge in [-0.05, 0) is 30.9 Å². The minimum Gasteiger partial charge on any atom is -0.491 e. The lowest BCUT2D eigenvalue weighted by molar-refractivity contribution is 0.0240. The van der Waals surface area contributed by atoms with Gasteiger partial charge in [0.1, 0.15) is 18.2 Å². The van der Waals surface area contributed by atoms with Crippen LogP contribution in [0.3, 0.4) is 0 Å². The molecule has 1 aliphatic carbocycles. The van der Waals surface area contributed by atoms with Gasteiger partial charge in [0.2, 0.25) is 0 Å². The molecule has 82 valence electrons. The van der Waals surface area contributed by atoms with E-state index in [1.54, 1.807) is 12.1 Å². The van der Waals surface area contributed by atoms with Crippen molar-refractivity contribution < 1.29 is 14.2 Å². The average molecular weight is 210 g/mol. The summed E-state index contributed by atoms with van der Waals surface area (Å²) >= 11 is 0. The van der Waals surface area contributed by atoms with Crippen LogP contribution in [0.15, 0.2) is 24.3 Å². The Hall–Kier alpha value is -1.09.